The Morgan fingerprint density at radius 1 is 0.913 bits per heavy atom. The number of rotatable bonds is 30. The number of carbonyl (C=O) groups is 1. The van der Waals surface area contributed by atoms with E-state index in [9.17, 15) is 29.5 Å². The Balaban J connectivity index is 1.46. The summed E-state index contributed by atoms with van der Waals surface area (Å²) in [5.74, 6) is -1.66. The van der Waals surface area contributed by atoms with Crippen LogP contribution in [-0.2, 0) is 20.9 Å². The van der Waals surface area contributed by atoms with Crippen molar-refractivity contribution in [2.24, 2.45) is 22.9 Å². The van der Waals surface area contributed by atoms with Gasteiger partial charge in [0.2, 0.25) is 5.79 Å². The lowest BCUT2D eigenvalue weighted by Gasteiger charge is -2.59. The number of hydrogen-bond donors (Lipinski definition) is 2. The standard InChI is InChI=1S/C55H74FN3O10/c1-4-7-8-9-10-11-12-13-14-19-34-65-54(62)58(39-40-25-27-42(56)28-26-40)51-38-49(57-67-6-3)47-35-41(21-15-17-31-60)46(24-16-18-32-61)52-48-37-45(68-44-23-20-22-43(36-44)59(63)64)29-30-50(48)69-55(51,53(47)52)66-33-5-2/h5,20,22-23,25-30,35-37,41,46,51-53,60-61H,2,4,6-19,21,24,31-34,38-39H2,1,3H3. The van der Waals surface area contributed by atoms with Gasteiger partial charge in [-0.1, -0.05) is 113 Å². The van der Waals surface area contributed by atoms with Crippen LogP contribution in [0.2, 0.25) is 0 Å². The SMILES string of the molecule is C=CCOC12Oc3ccc(Oc4cccc([N+](=O)[O-])c4)cc3C3C(CCCCO)C(CCCCO)C=C(C(=NOCC)CC1N(Cc1ccc(F)cc1)C(=O)OCCCCCCCCCCCC)C32. The van der Waals surface area contributed by atoms with Crippen LogP contribution in [0.4, 0.5) is 14.9 Å². The second kappa shape index (κ2) is 27.2. The van der Waals surface area contributed by atoms with Crippen molar-refractivity contribution >= 4 is 17.5 Å². The number of ether oxygens (including phenoxy) is 4. The van der Waals surface area contributed by atoms with Gasteiger partial charge in [-0.15, -0.1) is 6.58 Å². The van der Waals surface area contributed by atoms with Crippen molar-refractivity contribution in [2.75, 3.05) is 33.0 Å². The van der Waals surface area contributed by atoms with E-state index in [2.05, 4.69) is 19.6 Å². The quantitative estimate of drug-likeness (QED) is 0.0285. The Labute approximate surface area is 407 Å². The molecule has 0 bridgehead atoms. The van der Waals surface area contributed by atoms with Gasteiger partial charge < -0.3 is 34.0 Å². The van der Waals surface area contributed by atoms with Crippen LogP contribution in [-0.4, -0.2) is 76.7 Å². The number of carbonyl (C=O) groups excluding carboxylic acids is 1. The van der Waals surface area contributed by atoms with Gasteiger partial charge in [-0.05, 0) is 98.4 Å². The molecule has 13 nitrogen and oxygen atoms in total. The first-order valence-corrected chi connectivity index (χ1v) is 25.5. The number of nitro groups is 1. The van der Waals surface area contributed by atoms with Gasteiger partial charge >= 0.3 is 6.09 Å². The number of halogens is 1. The third-order valence-electron chi connectivity index (χ3n) is 13.8. The molecule has 0 saturated heterocycles. The molecule has 376 valence electrons. The molecule has 14 heteroatoms. The fraction of sp³-hybridized carbons (Fsp3) is 0.564. The second-order valence-electron chi connectivity index (χ2n) is 18.6. The summed E-state index contributed by atoms with van der Waals surface area (Å²) < 4.78 is 41.4. The van der Waals surface area contributed by atoms with Crippen molar-refractivity contribution in [3.63, 3.8) is 0 Å². The van der Waals surface area contributed by atoms with Crippen molar-refractivity contribution in [2.45, 2.75) is 147 Å². The van der Waals surface area contributed by atoms with Crippen LogP contribution in [0.5, 0.6) is 17.2 Å². The van der Waals surface area contributed by atoms with Gasteiger partial charge in [0.25, 0.3) is 5.69 Å². The zero-order chi connectivity index (χ0) is 49.0. The molecule has 69 heavy (non-hydrogen) atoms. The fourth-order valence-electron chi connectivity index (χ4n) is 10.6. The molecule has 6 rings (SSSR count). The summed E-state index contributed by atoms with van der Waals surface area (Å²) in [5.41, 5.74) is 2.92. The number of aliphatic hydroxyl groups is 2. The molecule has 1 heterocycles. The molecule has 0 aromatic heterocycles. The number of aliphatic hydroxyl groups excluding tert-OH is 2. The van der Waals surface area contributed by atoms with Crippen LogP contribution >= 0.6 is 0 Å². The van der Waals surface area contributed by atoms with E-state index in [-0.39, 0.29) is 62.8 Å². The maximum Gasteiger partial charge on any atom is 0.410 e. The van der Waals surface area contributed by atoms with E-state index < -0.39 is 34.6 Å². The third-order valence-corrected chi connectivity index (χ3v) is 13.8. The zero-order valence-electron chi connectivity index (χ0n) is 40.7. The highest BCUT2D eigenvalue weighted by Gasteiger charge is 2.65. The number of non-ortho nitro benzene ring substituents is 1. The van der Waals surface area contributed by atoms with Gasteiger partial charge in [-0.2, -0.15) is 0 Å². The highest BCUT2D eigenvalue weighted by molar-refractivity contribution is 6.03. The molecule has 1 amide bonds. The monoisotopic (exact) mass is 956 g/mol. The summed E-state index contributed by atoms with van der Waals surface area (Å²) in [6.45, 7) is 8.87. The molecule has 0 radical (unpaired) electrons. The van der Waals surface area contributed by atoms with Crippen LogP contribution in [0.25, 0.3) is 0 Å². The van der Waals surface area contributed by atoms with Gasteiger partial charge in [0.15, 0.2) is 0 Å². The van der Waals surface area contributed by atoms with Gasteiger partial charge in [0.1, 0.15) is 35.7 Å². The minimum absolute atomic E-state index is 0.000567. The number of hydrogen-bond acceptors (Lipinski definition) is 11. The Morgan fingerprint density at radius 3 is 2.29 bits per heavy atom. The van der Waals surface area contributed by atoms with Crippen LogP contribution in [0.1, 0.15) is 140 Å². The van der Waals surface area contributed by atoms with Crippen molar-refractivity contribution in [3.05, 3.63) is 118 Å². The number of amides is 1. The molecule has 2 aliphatic carbocycles. The van der Waals surface area contributed by atoms with E-state index in [1.807, 2.05) is 19.1 Å². The van der Waals surface area contributed by atoms with E-state index in [1.165, 1.54) is 62.8 Å². The Hall–Kier alpha value is -5.31. The van der Waals surface area contributed by atoms with Crippen LogP contribution in [0, 0.1) is 33.7 Å². The number of fused-ring (bicyclic) bond motifs is 2. The van der Waals surface area contributed by atoms with Crippen LogP contribution in [0.15, 0.2) is 96.2 Å². The third kappa shape index (κ3) is 13.9. The maximum absolute atomic E-state index is 14.9. The Morgan fingerprint density at radius 2 is 1.61 bits per heavy atom. The molecule has 2 N–H and O–H groups in total. The topological polar surface area (TPSA) is 162 Å². The highest BCUT2D eigenvalue weighted by atomic mass is 19.1. The van der Waals surface area contributed by atoms with Crippen molar-refractivity contribution in [1.29, 1.82) is 0 Å². The van der Waals surface area contributed by atoms with Crippen molar-refractivity contribution < 1.29 is 48.1 Å². The number of benzene rings is 3. The predicted molar refractivity (Wildman–Crippen MR) is 265 cm³/mol. The minimum Gasteiger partial charge on any atom is -0.459 e. The second-order valence-corrected chi connectivity index (χ2v) is 18.6. The fourth-order valence-corrected chi connectivity index (χ4v) is 10.6. The Kier molecular flexibility index (Phi) is 20.9. The summed E-state index contributed by atoms with van der Waals surface area (Å²) in [6.07, 6.45) is 19.1. The molecule has 3 aliphatic rings. The molecule has 1 saturated carbocycles. The van der Waals surface area contributed by atoms with Gasteiger partial charge in [0.05, 0.1) is 35.8 Å². The number of nitro benzene ring substituents is 1. The van der Waals surface area contributed by atoms with Gasteiger partial charge in [0, 0.05) is 43.7 Å². The van der Waals surface area contributed by atoms with Gasteiger partial charge in [-0.3, -0.25) is 15.0 Å². The maximum atomic E-state index is 14.9. The summed E-state index contributed by atoms with van der Waals surface area (Å²) in [7, 11) is 0. The highest BCUT2D eigenvalue weighted by Crippen LogP contribution is 2.62. The first-order chi connectivity index (χ1) is 33.7. The normalized spacial score (nSPS) is 21.9. The van der Waals surface area contributed by atoms with E-state index in [4.69, 9.17) is 28.9 Å². The van der Waals surface area contributed by atoms with Crippen molar-refractivity contribution in [1.82, 2.24) is 4.90 Å². The smallest absolute Gasteiger partial charge is 0.410 e. The van der Waals surface area contributed by atoms with Crippen LogP contribution < -0.4 is 9.47 Å². The van der Waals surface area contributed by atoms with Crippen LogP contribution in [0.3, 0.4) is 0 Å². The molecule has 1 fully saturated rings. The first-order valence-electron chi connectivity index (χ1n) is 25.5. The molecule has 3 aromatic rings. The summed E-state index contributed by atoms with van der Waals surface area (Å²) in [5, 5.41) is 36.4. The average molecular weight is 956 g/mol. The number of allylic oxidation sites excluding steroid dienone is 1. The van der Waals surface area contributed by atoms with Crippen molar-refractivity contribution in [3.8, 4) is 17.2 Å². The molecule has 0 spiro atoms. The summed E-state index contributed by atoms with van der Waals surface area (Å²) in [4.78, 5) is 33.7. The summed E-state index contributed by atoms with van der Waals surface area (Å²) >= 11 is 0. The lowest BCUT2D eigenvalue weighted by atomic mass is 9.55. The van der Waals surface area contributed by atoms with E-state index in [1.54, 1.807) is 41.3 Å². The number of nitrogens with zero attached hydrogens (tertiary/aromatic N) is 3. The lowest BCUT2D eigenvalue weighted by Crippen LogP contribution is -2.70. The van der Waals surface area contributed by atoms with Gasteiger partial charge in [-0.25, -0.2) is 9.18 Å². The number of unbranched alkanes of at least 4 members (excludes halogenated alkanes) is 11. The largest absolute Gasteiger partial charge is 0.459 e. The first kappa shape index (κ1) is 53.0. The molecular weight excluding hydrogens is 882 g/mol. The minimum atomic E-state index is -1.55. The summed E-state index contributed by atoms with van der Waals surface area (Å²) in [6, 6.07) is 16.8. The molecular formula is C55H74FN3O10. The molecule has 6 atom stereocenters. The lowest BCUT2D eigenvalue weighted by molar-refractivity contribution is -0.384. The number of oxime groups is 1. The predicted octanol–water partition coefficient (Wildman–Crippen LogP) is 12.7. The van der Waals surface area contributed by atoms with E-state index >= 15 is 0 Å². The molecule has 3 aromatic carbocycles. The zero-order valence-corrected chi connectivity index (χ0v) is 40.7. The molecule has 1 aliphatic heterocycles. The molecule has 6 unspecified atom stereocenters. The average Bonchev–Trinajstić information content (AvgIpc) is 3.35. The van der Waals surface area contributed by atoms with E-state index in [0.717, 1.165) is 56.1 Å². The Bertz CT molecular complexity index is 2170. The van der Waals surface area contributed by atoms with E-state index in [0.29, 0.717) is 54.4 Å².